The van der Waals surface area contributed by atoms with Gasteiger partial charge in [-0.15, -0.1) is 0 Å². The third-order valence-electron chi connectivity index (χ3n) is 3.60. The Labute approximate surface area is 140 Å². The van der Waals surface area contributed by atoms with E-state index in [0.29, 0.717) is 11.4 Å². The number of rotatable bonds is 6. The lowest BCUT2D eigenvalue weighted by molar-refractivity contribution is -0.122. The fourth-order valence-corrected chi connectivity index (χ4v) is 2.07. The molecule has 6 heteroatoms. The van der Waals surface area contributed by atoms with E-state index < -0.39 is 6.04 Å². The predicted molar refractivity (Wildman–Crippen MR) is 92.2 cm³/mol. The molecule has 0 aliphatic rings. The van der Waals surface area contributed by atoms with E-state index in [9.17, 15) is 14.0 Å². The smallest absolute Gasteiger partial charge is 0.241 e. The van der Waals surface area contributed by atoms with Gasteiger partial charge >= 0.3 is 0 Å². The molecule has 0 aliphatic carbocycles. The predicted octanol–water partition coefficient (Wildman–Crippen LogP) is 2.72. The zero-order chi connectivity index (χ0) is 17.5. The molecule has 2 N–H and O–H groups in total. The maximum Gasteiger partial charge on any atom is 0.241 e. The number of hydrogen-bond acceptors (Lipinski definition) is 3. The highest BCUT2D eigenvalue weighted by Gasteiger charge is 2.20. The number of nitrogens with one attached hydrogen (secondary N) is 2. The Bertz CT molecular complexity index is 689. The summed E-state index contributed by atoms with van der Waals surface area (Å²) in [5.74, 6) is -0.835. The second kappa shape index (κ2) is 8.21. The second-order valence-corrected chi connectivity index (χ2v) is 5.50. The lowest BCUT2D eigenvalue weighted by Crippen LogP contribution is -2.43. The molecule has 2 amide bonds. The van der Waals surface area contributed by atoms with Gasteiger partial charge in [0.1, 0.15) is 5.82 Å². The molecule has 0 bridgehead atoms. The summed E-state index contributed by atoms with van der Waals surface area (Å²) in [4.78, 5) is 25.9. The van der Waals surface area contributed by atoms with Crippen LogP contribution < -0.4 is 10.6 Å². The van der Waals surface area contributed by atoms with Crippen LogP contribution in [-0.4, -0.2) is 36.3 Å². The number of benzene rings is 2. The molecule has 0 aliphatic heterocycles. The van der Waals surface area contributed by atoms with Gasteiger partial charge in [0.05, 0.1) is 12.6 Å². The Morgan fingerprint density at radius 3 is 2.21 bits per heavy atom. The van der Waals surface area contributed by atoms with Gasteiger partial charge in [0.25, 0.3) is 0 Å². The molecule has 0 aromatic heterocycles. The van der Waals surface area contributed by atoms with Crippen molar-refractivity contribution in [2.24, 2.45) is 0 Å². The first-order chi connectivity index (χ1) is 11.5. The van der Waals surface area contributed by atoms with Crippen LogP contribution in [0.15, 0.2) is 54.6 Å². The van der Waals surface area contributed by atoms with Gasteiger partial charge in [0.2, 0.25) is 11.8 Å². The van der Waals surface area contributed by atoms with Crippen LogP contribution in [0.2, 0.25) is 0 Å². The molecule has 0 spiro atoms. The van der Waals surface area contributed by atoms with Crippen molar-refractivity contribution in [2.75, 3.05) is 24.2 Å². The molecule has 2 rings (SSSR count). The van der Waals surface area contributed by atoms with Crippen LogP contribution in [0.1, 0.15) is 6.92 Å². The SMILES string of the molecule is CC(C(=O)Nc1ccccc1)N(C)CC(=O)Nc1ccc(F)cc1. The fourth-order valence-electron chi connectivity index (χ4n) is 2.07. The van der Waals surface area contributed by atoms with E-state index >= 15 is 0 Å². The largest absolute Gasteiger partial charge is 0.325 e. The summed E-state index contributed by atoms with van der Waals surface area (Å²) in [6, 6.07) is 14.2. The number of carbonyl (C=O) groups is 2. The number of hydrogen-bond donors (Lipinski definition) is 2. The van der Waals surface area contributed by atoms with E-state index in [2.05, 4.69) is 10.6 Å². The maximum absolute atomic E-state index is 12.8. The Hall–Kier alpha value is -2.73. The number of carbonyl (C=O) groups excluding carboxylic acids is 2. The van der Waals surface area contributed by atoms with Gasteiger partial charge in [-0.05, 0) is 50.4 Å². The summed E-state index contributed by atoms with van der Waals surface area (Å²) in [7, 11) is 1.69. The number of para-hydroxylation sites is 1. The highest BCUT2D eigenvalue weighted by atomic mass is 19.1. The molecular weight excluding hydrogens is 309 g/mol. The molecule has 1 atom stereocenters. The third-order valence-corrected chi connectivity index (χ3v) is 3.60. The summed E-state index contributed by atoms with van der Waals surface area (Å²) in [5.41, 5.74) is 1.22. The minimum absolute atomic E-state index is 0.0424. The molecule has 2 aromatic rings. The Morgan fingerprint density at radius 2 is 1.58 bits per heavy atom. The van der Waals surface area contributed by atoms with Crippen molar-refractivity contribution < 1.29 is 14.0 Å². The second-order valence-electron chi connectivity index (χ2n) is 5.50. The molecule has 0 saturated heterocycles. The monoisotopic (exact) mass is 329 g/mol. The van der Waals surface area contributed by atoms with Gasteiger partial charge in [0, 0.05) is 11.4 Å². The van der Waals surface area contributed by atoms with Gasteiger partial charge in [-0.2, -0.15) is 0 Å². The Kier molecular flexibility index (Phi) is 6.03. The summed E-state index contributed by atoms with van der Waals surface area (Å²) in [6.45, 7) is 1.77. The highest BCUT2D eigenvalue weighted by Crippen LogP contribution is 2.09. The number of anilines is 2. The van der Waals surface area contributed by atoms with Crippen molar-refractivity contribution in [1.29, 1.82) is 0 Å². The lowest BCUT2D eigenvalue weighted by atomic mass is 10.2. The van der Waals surface area contributed by atoms with Gasteiger partial charge in [-0.1, -0.05) is 18.2 Å². The number of likely N-dealkylation sites (N-methyl/N-ethyl adjacent to an activating group) is 1. The molecule has 0 heterocycles. The van der Waals surface area contributed by atoms with E-state index in [-0.39, 0.29) is 24.2 Å². The van der Waals surface area contributed by atoms with Crippen molar-refractivity contribution in [3.05, 3.63) is 60.4 Å². The van der Waals surface area contributed by atoms with E-state index in [4.69, 9.17) is 0 Å². The first kappa shape index (κ1) is 17.6. The van der Waals surface area contributed by atoms with Crippen LogP contribution in [0.4, 0.5) is 15.8 Å². The summed E-state index contributed by atoms with van der Waals surface area (Å²) in [6.07, 6.45) is 0. The standard InChI is InChI=1S/C18H20FN3O2/c1-13(18(24)21-15-6-4-3-5-7-15)22(2)12-17(23)20-16-10-8-14(19)9-11-16/h3-11,13H,12H2,1-2H3,(H,20,23)(H,21,24). The van der Waals surface area contributed by atoms with E-state index in [1.54, 1.807) is 31.0 Å². The first-order valence-corrected chi connectivity index (χ1v) is 7.57. The highest BCUT2D eigenvalue weighted by molar-refractivity contribution is 5.96. The molecule has 2 aromatic carbocycles. The van der Waals surface area contributed by atoms with E-state index in [1.165, 1.54) is 24.3 Å². The van der Waals surface area contributed by atoms with Crippen molar-refractivity contribution in [2.45, 2.75) is 13.0 Å². The average Bonchev–Trinajstić information content (AvgIpc) is 2.57. The minimum atomic E-state index is -0.482. The van der Waals surface area contributed by atoms with Crippen LogP contribution in [0.5, 0.6) is 0 Å². The normalized spacial score (nSPS) is 11.8. The van der Waals surface area contributed by atoms with Crippen molar-refractivity contribution in [1.82, 2.24) is 4.90 Å². The van der Waals surface area contributed by atoms with E-state index in [0.717, 1.165) is 0 Å². The summed E-state index contributed by atoms with van der Waals surface area (Å²) in [5, 5.41) is 5.46. The minimum Gasteiger partial charge on any atom is -0.325 e. The van der Waals surface area contributed by atoms with Gasteiger partial charge < -0.3 is 10.6 Å². The summed E-state index contributed by atoms with van der Waals surface area (Å²) >= 11 is 0. The number of nitrogens with zero attached hydrogens (tertiary/aromatic N) is 1. The van der Waals surface area contributed by atoms with Crippen LogP contribution in [0.25, 0.3) is 0 Å². The van der Waals surface area contributed by atoms with Crippen LogP contribution in [0, 0.1) is 5.82 Å². The number of halogens is 1. The van der Waals surface area contributed by atoms with E-state index in [1.807, 2.05) is 18.2 Å². The van der Waals surface area contributed by atoms with Crippen LogP contribution >= 0.6 is 0 Å². The van der Waals surface area contributed by atoms with Gasteiger partial charge in [-0.3, -0.25) is 14.5 Å². The van der Waals surface area contributed by atoms with Crippen molar-refractivity contribution >= 4 is 23.2 Å². The first-order valence-electron chi connectivity index (χ1n) is 7.57. The van der Waals surface area contributed by atoms with Crippen LogP contribution in [-0.2, 0) is 9.59 Å². The van der Waals surface area contributed by atoms with Gasteiger partial charge in [0.15, 0.2) is 0 Å². The Balaban J connectivity index is 1.86. The molecular formula is C18H20FN3O2. The molecule has 24 heavy (non-hydrogen) atoms. The molecule has 126 valence electrons. The zero-order valence-electron chi connectivity index (χ0n) is 13.6. The summed E-state index contributed by atoms with van der Waals surface area (Å²) < 4.78 is 12.8. The molecule has 5 nitrogen and oxygen atoms in total. The maximum atomic E-state index is 12.8. The quantitative estimate of drug-likeness (QED) is 0.857. The van der Waals surface area contributed by atoms with Crippen molar-refractivity contribution in [3.63, 3.8) is 0 Å². The lowest BCUT2D eigenvalue weighted by Gasteiger charge is -2.23. The Morgan fingerprint density at radius 1 is 1.00 bits per heavy atom. The van der Waals surface area contributed by atoms with Crippen LogP contribution in [0.3, 0.4) is 0 Å². The zero-order valence-corrected chi connectivity index (χ0v) is 13.6. The third kappa shape index (κ3) is 5.17. The molecule has 1 unspecified atom stereocenters. The fraction of sp³-hybridized carbons (Fsp3) is 0.222. The topological polar surface area (TPSA) is 61.4 Å². The number of amides is 2. The van der Waals surface area contributed by atoms with Gasteiger partial charge in [-0.25, -0.2) is 4.39 Å². The molecule has 0 radical (unpaired) electrons. The molecule has 0 fully saturated rings. The molecule has 0 saturated carbocycles. The van der Waals surface area contributed by atoms with Crippen molar-refractivity contribution in [3.8, 4) is 0 Å². The average molecular weight is 329 g/mol.